The SMILES string of the molecule is COc1ccc2c(C(=O)CC3CC4CCC(C3)N4C)nsc2c1. The summed E-state index contributed by atoms with van der Waals surface area (Å²) in [7, 11) is 3.89. The topological polar surface area (TPSA) is 42.4 Å². The Morgan fingerprint density at radius 1 is 1.35 bits per heavy atom. The lowest BCUT2D eigenvalue weighted by atomic mass is 9.86. The maximum atomic E-state index is 12.8. The van der Waals surface area contributed by atoms with Gasteiger partial charge in [0.1, 0.15) is 11.4 Å². The third kappa shape index (κ3) is 2.66. The highest BCUT2D eigenvalue weighted by molar-refractivity contribution is 7.13. The van der Waals surface area contributed by atoms with Gasteiger partial charge in [0.25, 0.3) is 0 Å². The Morgan fingerprint density at radius 3 is 2.78 bits per heavy atom. The van der Waals surface area contributed by atoms with E-state index in [1.807, 2.05) is 18.2 Å². The molecule has 4 nitrogen and oxygen atoms in total. The monoisotopic (exact) mass is 330 g/mol. The predicted octanol–water partition coefficient (Wildman–Crippen LogP) is 3.75. The molecule has 0 radical (unpaired) electrons. The number of hydrogen-bond acceptors (Lipinski definition) is 5. The maximum absolute atomic E-state index is 12.8. The molecule has 1 aromatic carbocycles. The number of methoxy groups -OCH3 is 1. The van der Waals surface area contributed by atoms with Crippen molar-refractivity contribution in [3.05, 3.63) is 23.9 Å². The van der Waals surface area contributed by atoms with E-state index < -0.39 is 0 Å². The maximum Gasteiger partial charge on any atom is 0.183 e. The molecule has 0 spiro atoms. The number of rotatable bonds is 4. The number of carbonyl (C=O) groups excluding carboxylic acids is 1. The van der Waals surface area contributed by atoms with Gasteiger partial charge < -0.3 is 9.64 Å². The lowest BCUT2D eigenvalue weighted by molar-refractivity contribution is 0.0880. The lowest BCUT2D eigenvalue weighted by Crippen LogP contribution is -2.40. The Kier molecular flexibility index (Phi) is 3.85. The number of hydrogen-bond donors (Lipinski definition) is 0. The van der Waals surface area contributed by atoms with Crippen LogP contribution in [-0.2, 0) is 0 Å². The van der Waals surface area contributed by atoms with Crippen LogP contribution in [0.3, 0.4) is 0 Å². The summed E-state index contributed by atoms with van der Waals surface area (Å²) >= 11 is 1.39. The first-order valence-corrected chi connectivity index (χ1v) is 9.11. The molecule has 0 saturated carbocycles. The molecule has 2 fully saturated rings. The second kappa shape index (κ2) is 5.87. The van der Waals surface area contributed by atoms with Crippen LogP contribution in [0.1, 0.15) is 42.6 Å². The number of carbonyl (C=O) groups is 1. The minimum Gasteiger partial charge on any atom is -0.497 e. The van der Waals surface area contributed by atoms with Gasteiger partial charge in [-0.15, -0.1) is 0 Å². The second-order valence-corrected chi connectivity index (χ2v) is 7.71. The summed E-state index contributed by atoms with van der Waals surface area (Å²) < 4.78 is 10.7. The molecule has 2 aromatic rings. The third-order valence-electron chi connectivity index (χ3n) is 5.61. The van der Waals surface area contributed by atoms with Crippen molar-refractivity contribution in [3.8, 4) is 5.75 Å². The molecule has 0 N–H and O–H groups in total. The zero-order valence-corrected chi connectivity index (χ0v) is 14.4. The normalized spacial score (nSPS) is 27.5. The Morgan fingerprint density at radius 2 is 2.09 bits per heavy atom. The fourth-order valence-electron chi connectivity index (χ4n) is 4.30. The molecule has 2 atom stereocenters. The highest BCUT2D eigenvalue weighted by Gasteiger charge is 2.39. The lowest BCUT2D eigenvalue weighted by Gasteiger charge is -2.36. The summed E-state index contributed by atoms with van der Waals surface area (Å²) in [5.74, 6) is 1.54. The standard InChI is InChI=1S/C18H22N2O2S/c1-20-12-3-4-13(20)8-11(7-12)9-16(21)18-15-6-5-14(22-2)10-17(15)23-19-18/h5-6,10-13H,3-4,7-9H2,1-2H3. The van der Waals surface area contributed by atoms with E-state index in [0.717, 1.165) is 28.7 Å². The highest BCUT2D eigenvalue weighted by Crippen LogP contribution is 2.39. The summed E-state index contributed by atoms with van der Waals surface area (Å²) in [5, 5.41) is 0.969. The first kappa shape index (κ1) is 15.1. The minimum absolute atomic E-state index is 0.204. The van der Waals surface area contributed by atoms with Gasteiger partial charge in [-0.05, 0) is 68.4 Å². The molecule has 0 aliphatic carbocycles. The largest absolute Gasteiger partial charge is 0.497 e. The van der Waals surface area contributed by atoms with E-state index in [9.17, 15) is 4.79 Å². The van der Waals surface area contributed by atoms with E-state index in [-0.39, 0.29) is 5.78 Å². The number of fused-ring (bicyclic) bond motifs is 3. The van der Waals surface area contributed by atoms with Crippen molar-refractivity contribution in [2.24, 2.45) is 5.92 Å². The van der Waals surface area contributed by atoms with Crippen molar-refractivity contribution >= 4 is 27.4 Å². The number of nitrogens with zero attached hydrogens (tertiary/aromatic N) is 2. The van der Waals surface area contributed by atoms with Crippen LogP contribution in [0.25, 0.3) is 10.1 Å². The molecular formula is C18H22N2O2S. The van der Waals surface area contributed by atoms with E-state index in [0.29, 0.717) is 30.1 Å². The van der Waals surface area contributed by atoms with Gasteiger partial charge in [0, 0.05) is 23.9 Å². The van der Waals surface area contributed by atoms with E-state index >= 15 is 0 Å². The van der Waals surface area contributed by atoms with E-state index in [1.54, 1.807) is 7.11 Å². The van der Waals surface area contributed by atoms with Crippen LogP contribution in [0.2, 0.25) is 0 Å². The van der Waals surface area contributed by atoms with E-state index in [2.05, 4.69) is 16.3 Å². The molecule has 122 valence electrons. The Balaban J connectivity index is 1.51. The molecular weight excluding hydrogens is 308 g/mol. The van der Waals surface area contributed by atoms with Crippen molar-refractivity contribution in [1.29, 1.82) is 0 Å². The third-order valence-corrected chi connectivity index (χ3v) is 6.42. The molecule has 2 bridgehead atoms. The van der Waals surface area contributed by atoms with E-state index in [1.165, 1.54) is 24.4 Å². The van der Waals surface area contributed by atoms with Crippen LogP contribution in [0.15, 0.2) is 18.2 Å². The second-order valence-electron chi connectivity index (χ2n) is 6.91. The van der Waals surface area contributed by atoms with E-state index in [4.69, 9.17) is 4.74 Å². The zero-order valence-electron chi connectivity index (χ0n) is 13.6. The first-order valence-electron chi connectivity index (χ1n) is 8.34. The van der Waals surface area contributed by atoms with Crippen molar-refractivity contribution in [1.82, 2.24) is 9.27 Å². The summed E-state index contributed by atoms with van der Waals surface area (Å²) in [6, 6.07) is 7.19. The molecule has 2 saturated heterocycles. The van der Waals surface area contributed by atoms with Crippen LogP contribution >= 0.6 is 11.5 Å². The fraction of sp³-hybridized carbons (Fsp3) is 0.556. The van der Waals surface area contributed by atoms with Crippen molar-refractivity contribution in [3.63, 3.8) is 0 Å². The number of piperidine rings is 1. The Bertz CT molecular complexity index is 728. The molecule has 2 aliphatic heterocycles. The highest BCUT2D eigenvalue weighted by atomic mass is 32.1. The van der Waals surface area contributed by atoms with Crippen LogP contribution in [0.4, 0.5) is 0 Å². The van der Waals surface area contributed by atoms with Crippen molar-refractivity contribution < 1.29 is 9.53 Å². The van der Waals surface area contributed by atoms with Gasteiger partial charge in [-0.1, -0.05) is 0 Å². The molecule has 3 heterocycles. The van der Waals surface area contributed by atoms with Crippen molar-refractivity contribution in [2.45, 2.75) is 44.2 Å². The number of Topliss-reactive ketones (excluding diaryl/α,β-unsaturated/α-hetero) is 1. The van der Waals surface area contributed by atoms with Gasteiger partial charge in [0.05, 0.1) is 11.8 Å². The number of ether oxygens (including phenoxy) is 1. The van der Waals surface area contributed by atoms with Crippen molar-refractivity contribution in [2.75, 3.05) is 14.2 Å². The summed E-state index contributed by atoms with van der Waals surface area (Å²) in [5.41, 5.74) is 0.652. The average molecular weight is 330 g/mol. The average Bonchev–Trinajstić information content (AvgIpc) is 3.04. The number of ketones is 1. The van der Waals surface area contributed by atoms with Gasteiger partial charge in [0.2, 0.25) is 0 Å². The van der Waals surface area contributed by atoms with Gasteiger partial charge in [-0.2, -0.15) is 4.37 Å². The zero-order chi connectivity index (χ0) is 16.0. The molecule has 0 amide bonds. The molecule has 4 rings (SSSR count). The predicted molar refractivity (Wildman–Crippen MR) is 92.4 cm³/mol. The molecule has 23 heavy (non-hydrogen) atoms. The van der Waals surface area contributed by atoms with Gasteiger partial charge in [0.15, 0.2) is 5.78 Å². The Labute approximate surface area is 140 Å². The molecule has 2 unspecified atom stereocenters. The fourth-order valence-corrected chi connectivity index (χ4v) is 5.12. The van der Waals surface area contributed by atoms with Crippen LogP contribution in [-0.4, -0.2) is 41.3 Å². The number of aromatic nitrogens is 1. The quantitative estimate of drug-likeness (QED) is 0.801. The summed E-state index contributed by atoms with van der Waals surface area (Å²) in [6.07, 6.45) is 5.56. The van der Waals surface area contributed by atoms with Gasteiger partial charge in [-0.3, -0.25) is 4.79 Å². The van der Waals surface area contributed by atoms with Gasteiger partial charge >= 0.3 is 0 Å². The molecule has 1 aromatic heterocycles. The van der Waals surface area contributed by atoms with Crippen LogP contribution in [0, 0.1) is 5.92 Å². The number of benzene rings is 1. The van der Waals surface area contributed by atoms with Crippen LogP contribution in [0.5, 0.6) is 5.75 Å². The molecule has 5 heteroatoms. The van der Waals surface area contributed by atoms with Crippen LogP contribution < -0.4 is 4.74 Å². The first-order chi connectivity index (χ1) is 11.2. The minimum atomic E-state index is 0.204. The summed E-state index contributed by atoms with van der Waals surface area (Å²) in [4.78, 5) is 15.3. The smallest absolute Gasteiger partial charge is 0.183 e. The molecule has 2 aliphatic rings. The van der Waals surface area contributed by atoms with Gasteiger partial charge in [-0.25, -0.2) is 0 Å². The Hall–Kier alpha value is -1.46. The summed E-state index contributed by atoms with van der Waals surface area (Å²) in [6.45, 7) is 0.